The third-order valence-electron chi connectivity index (χ3n) is 2.77. The summed E-state index contributed by atoms with van der Waals surface area (Å²) in [6.45, 7) is 4.31. The number of carbonyl (C=O) groups excluding carboxylic acids is 1. The Balaban J connectivity index is 2.19. The predicted octanol–water partition coefficient (Wildman–Crippen LogP) is 1.75. The van der Waals surface area contributed by atoms with Crippen LogP contribution in [0, 0.1) is 6.92 Å². The van der Waals surface area contributed by atoms with Crippen LogP contribution >= 0.6 is 0 Å². The molecule has 0 unspecified atom stereocenters. The highest BCUT2D eigenvalue weighted by molar-refractivity contribution is 5.73. The van der Waals surface area contributed by atoms with Crippen molar-refractivity contribution in [2.45, 2.75) is 19.9 Å². The van der Waals surface area contributed by atoms with E-state index in [1.54, 1.807) is 0 Å². The second kappa shape index (κ2) is 7.71. The molecule has 0 spiro atoms. The van der Waals surface area contributed by atoms with E-state index >= 15 is 0 Å². The number of urea groups is 1. The van der Waals surface area contributed by atoms with Crippen LogP contribution < -0.4 is 10.6 Å². The van der Waals surface area contributed by atoms with Gasteiger partial charge in [0.05, 0.1) is 0 Å². The number of benzene rings is 1. The summed E-state index contributed by atoms with van der Waals surface area (Å²) in [5.41, 5.74) is 2.35. The quantitative estimate of drug-likeness (QED) is 0.754. The average molecular weight is 249 g/mol. The van der Waals surface area contributed by atoms with Gasteiger partial charge in [0, 0.05) is 13.1 Å². The molecule has 1 aromatic rings. The minimum atomic E-state index is -0.1000. The summed E-state index contributed by atoms with van der Waals surface area (Å²) in [4.78, 5) is 13.6. The van der Waals surface area contributed by atoms with Crippen LogP contribution in [-0.4, -0.2) is 38.1 Å². The zero-order chi connectivity index (χ0) is 13.4. The number of amides is 2. The fourth-order valence-corrected chi connectivity index (χ4v) is 1.64. The van der Waals surface area contributed by atoms with Crippen molar-refractivity contribution in [3.05, 3.63) is 35.4 Å². The van der Waals surface area contributed by atoms with Gasteiger partial charge in [0.25, 0.3) is 0 Å². The van der Waals surface area contributed by atoms with Gasteiger partial charge < -0.3 is 15.5 Å². The molecule has 0 fully saturated rings. The fraction of sp³-hybridized carbons (Fsp3) is 0.500. The first-order valence-corrected chi connectivity index (χ1v) is 6.30. The number of carbonyl (C=O) groups is 1. The van der Waals surface area contributed by atoms with Gasteiger partial charge in [0.1, 0.15) is 0 Å². The molecule has 0 aliphatic carbocycles. The van der Waals surface area contributed by atoms with Crippen molar-refractivity contribution in [1.29, 1.82) is 0 Å². The van der Waals surface area contributed by atoms with Crippen LogP contribution in [0.2, 0.25) is 0 Å². The van der Waals surface area contributed by atoms with Crippen molar-refractivity contribution >= 4 is 6.03 Å². The van der Waals surface area contributed by atoms with E-state index in [4.69, 9.17) is 0 Å². The van der Waals surface area contributed by atoms with E-state index in [9.17, 15) is 4.79 Å². The number of hydrogen-bond acceptors (Lipinski definition) is 2. The average Bonchev–Trinajstić information content (AvgIpc) is 2.33. The van der Waals surface area contributed by atoms with Gasteiger partial charge in [-0.2, -0.15) is 0 Å². The number of nitrogens with zero attached hydrogens (tertiary/aromatic N) is 1. The van der Waals surface area contributed by atoms with Gasteiger partial charge in [0.15, 0.2) is 0 Å². The largest absolute Gasteiger partial charge is 0.338 e. The first-order chi connectivity index (χ1) is 8.59. The van der Waals surface area contributed by atoms with Crippen LogP contribution in [0.1, 0.15) is 17.5 Å². The second-order valence-corrected chi connectivity index (χ2v) is 4.69. The Bertz CT molecular complexity index is 377. The highest BCUT2D eigenvalue weighted by Gasteiger charge is 2.01. The molecule has 0 radical (unpaired) electrons. The molecule has 100 valence electrons. The third-order valence-corrected chi connectivity index (χ3v) is 2.77. The van der Waals surface area contributed by atoms with Crippen LogP contribution in [0.25, 0.3) is 0 Å². The zero-order valence-corrected chi connectivity index (χ0v) is 11.5. The van der Waals surface area contributed by atoms with Gasteiger partial charge in [-0.05, 0) is 45.1 Å². The van der Waals surface area contributed by atoms with E-state index in [0.29, 0.717) is 13.1 Å². The fourth-order valence-electron chi connectivity index (χ4n) is 1.64. The Morgan fingerprint density at radius 1 is 1.22 bits per heavy atom. The SMILES string of the molecule is Cc1ccccc1CNC(=O)NCCCN(C)C. The molecule has 0 heterocycles. The van der Waals surface area contributed by atoms with Crippen molar-refractivity contribution in [2.24, 2.45) is 0 Å². The Hall–Kier alpha value is -1.55. The smallest absolute Gasteiger partial charge is 0.315 e. The lowest BCUT2D eigenvalue weighted by molar-refractivity contribution is 0.240. The van der Waals surface area contributed by atoms with Gasteiger partial charge in [-0.15, -0.1) is 0 Å². The van der Waals surface area contributed by atoms with Crippen molar-refractivity contribution in [3.8, 4) is 0 Å². The number of rotatable bonds is 6. The summed E-state index contributed by atoms with van der Waals surface area (Å²) in [5.74, 6) is 0. The Kier molecular flexibility index (Phi) is 6.22. The van der Waals surface area contributed by atoms with Crippen LogP contribution in [0.3, 0.4) is 0 Å². The molecule has 18 heavy (non-hydrogen) atoms. The first kappa shape index (κ1) is 14.5. The van der Waals surface area contributed by atoms with Gasteiger partial charge >= 0.3 is 6.03 Å². The monoisotopic (exact) mass is 249 g/mol. The van der Waals surface area contributed by atoms with E-state index in [2.05, 4.69) is 15.5 Å². The maximum Gasteiger partial charge on any atom is 0.315 e. The summed E-state index contributed by atoms with van der Waals surface area (Å²) in [6, 6.07) is 7.96. The summed E-state index contributed by atoms with van der Waals surface area (Å²) in [7, 11) is 4.05. The van der Waals surface area contributed by atoms with E-state index in [1.165, 1.54) is 5.56 Å². The minimum absolute atomic E-state index is 0.1000. The molecular weight excluding hydrogens is 226 g/mol. The molecule has 0 aliphatic rings. The molecule has 4 heteroatoms. The van der Waals surface area contributed by atoms with Crippen LogP contribution in [0.15, 0.2) is 24.3 Å². The van der Waals surface area contributed by atoms with E-state index in [0.717, 1.165) is 18.5 Å². The summed E-state index contributed by atoms with van der Waals surface area (Å²) in [5, 5.41) is 5.72. The van der Waals surface area contributed by atoms with E-state index in [1.807, 2.05) is 45.3 Å². The van der Waals surface area contributed by atoms with Crippen molar-refractivity contribution < 1.29 is 4.79 Å². The molecule has 0 atom stereocenters. The maximum absolute atomic E-state index is 11.5. The van der Waals surface area contributed by atoms with Gasteiger partial charge in [-0.1, -0.05) is 24.3 Å². The lowest BCUT2D eigenvalue weighted by atomic mass is 10.1. The molecule has 2 N–H and O–H groups in total. The summed E-state index contributed by atoms with van der Waals surface area (Å²) < 4.78 is 0. The Labute approximate surface area is 109 Å². The standard InChI is InChI=1S/C14H23N3O/c1-12-7-4-5-8-13(12)11-16-14(18)15-9-6-10-17(2)3/h4-5,7-8H,6,9-11H2,1-3H3,(H2,15,16,18). The Morgan fingerprint density at radius 3 is 2.61 bits per heavy atom. The van der Waals surface area contributed by atoms with E-state index < -0.39 is 0 Å². The van der Waals surface area contributed by atoms with Gasteiger partial charge in [0.2, 0.25) is 0 Å². The second-order valence-electron chi connectivity index (χ2n) is 4.69. The lowest BCUT2D eigenvalue weighted by Crippen LogP contribution is -2.36. The van der Waals surface area contributed by atoms with Crippen molar-refractivity contribution in [3.63, 3.8) is 0 Å². The number of aryl methyl sites for hydroxylation is 1. The third kappa shape index (κ3) is 5.68. The molecular formula is C14H23N3O. The lowest BCUT2D eigenvalue weighted by Gasteiger charge is -2.11. The maximum atomic E-state index is 11.5. The number of hydrogen-bond donors (Lipinski definition) is 2. The minimum Gasteiger partial charge on any atom is -0.338 e. The molecule has 4 nitrogen and oxygen atoms in total. The topological polar surface area (TPSA) is 44.4 Å². The van der Waals surface area contributed by atoms with Crippen LogP contribution in [-0.2, 0) is 6.54 Å². The molecule has 0 aliphatic heterocycles. The van der Waals surface area contributed by atoms with Crippen LogP contribution in [0.5, 0.6) is 0 Å². The summed E-state index contributed by atoms with van der Waals surface area (Å²) >= 11 is 0. The van der Waals surface area contributed by atoms with Crippen molar-refractivity contribution in [2.75, 3.05) is 27.2 Å². The highest BCUT2D eigenvalue weighted by atomic mass is 16.2. The predicted molar refractivity (Wildman–Crippen MR) is 74.6 cm³/mol. The molecule has 2 amide bonds. The van der Waals surface area contributed by atoms with E-state index in [-0.39, 0.29) is 6.03 Å². The van der Waals surface area contributed by atoms with Gasteiger partial charge in [-0.25, -0.2) is 4.79 Å². The van der Waals surface area contributed by atoms with Crippen LogP contribution in [0.4, 0.5) is 4.79 Å². The normalized spacial score (nSPS) is 10.4. The molecule has 0 bridgehead atoms. The highest BCUT2D eigenvalue weighted by Crippen LogP contribution is 2.05. The molecule has 0 saturated carbocycles. The summed E-state index contributed by atoms with van der Waals surface area (Å²) in [6.07, 6.45) is 0.963. The first-order valence-electron chi connectivity index (χ1n) is 6.30. The zero-order valence-electron chi connectivity index (χ0n) is 11.5. The molecule has 0 aromatic heterocycles. The Morgan fingerprint density at radius 2 is 1.94 bits per heavy atom. The molecule has 1 rings (SSSR count). The number of nitrogens with one attached hydrogen (secondary N) is 2. The molecule has 0 saturated heterocycles. The molecule has 1 aromatic carbocycles. The van der Waals surface area contributed by atoms with Crippen molar-refractivity contribution in [1.82, 2.24) is 15.5 Å². The van der Waals surface area contributed by atoms with Gasteiger partial charge in [-0.3, -0.25) is 0 Å².